The second-order valence-corrected chi connectivity index (χ2v) is 9.49. The molecule has 0 spiro atoms. The van der Waals surface area contributed by atoms with Gasteiger partial charge in [0.25, 0.3) is 0 Å². The van der Waals surface area contributed by atoms with Crippen LogP contribution in [-0.4, -0.2) is 62.9 Å². The lowest BCUT2D eigenvalue weighted by Gasteiger charge is -2.46. The van der Waals surface area contributed by atoms with Crippen molar-refractivity contribution >= 4 is 29.5 Å². The summed E-state index contributed by atoms with van der Waals surface area (Å²) in [5, 5.41) is 6.71. The second kappa shape index (κ2) is 11.5. The molecule has 202 valence electrons. The standard InChI is InChI=1S/C28H29N5O6/c1-2-38-27(36)19-12-6-8-14-21(19)29-23(34)16-32-22-15-9-7-13-20(22)26(35)33(28(32)37)17-24-30-25(31-39-24)18-10-4-3-5-11-18/h3-6,8,10-12,14,20,22H,2,7,9,13,15-17H2,1H3,(H,29,34). The largest absolute Gasteiger partial charge is 0.462 e. The van der Waals surface area contributed by atoms with Crippen molar-refractivity contribution in [1.29, 1.82) is 0 Å². The van der Waals surface area contributed by atoms with Crippen LogP contribution in [0.25, 0.3) is 11.4 Å². The molecule has 2 atom stereocenters. The zero-order valence-corrected chi connectivity index (χ0v) is 21.5. The quantitative estimate of drug-likeness (QED) is 0.433. The lowest BCUT2D eigenvalue weighted by atomic mass is 9.81. The predicted octanol–water partition coefficient (Wildman–Crippen LogP) is 3.88. The van der Waals surface area contributed by atoms with Crippen LogP contribution in [0.3, 0.4) is 0 Å². The average Bonchev–Trinajstić information content (AvgIpc) is 3.43. The summed E-state index contributed by atoms with van der Waals surface area (Å²) < 4.78 is 10.4. The molecule has 1 N–H and O–H groups in total. The van der Waals surface area contributed by atoms with Gasteiger partial charge in [0, 0.05) is 11.6 Å². The van der Waals surface area contributed by atoms with Crippen LogP contribution in [-0.2, 0) is 20.9 Å². The highest BCUT2D eigenvalue weighted by Gasteiger charge is 2.47. The summed E-state index contributed by atoms with van der Waals surface area (Å²) in [6.45, 7) is 1.43. The second-order valence-electron chi connectivity index (χ2n) is 9.49. The number of aromatic nitrogens is 2. The molecule has 2 fully saturated rings. The Morgan fingerprint density at radius 1 is 1.05 bits per heavy atom. The Labute approximate surface area is 225 Å². The summed E-state index contributed by atoms with van der Waals surface area (Å²) in [5.41, 5.74) is 1.26. The number of anilines is 1. The molecular weight excluding hydrogens is 502 g/mol. The highest BCUT2D eigenvalue weighted by atomic mass is 16.5. The number of urea groups is 1. The fraction of sp³-hybridized carbons (Fsp3) is 0.357. The number of imide groups is 1. The van der Waals surface area contributed by atoms with Gasteiger partial charge in [0.2, 0.25) is 23.5 Å². The fourth-order valence-electron chi connectivity index (χ4n) is 5.18. The molecule has 0 bridgehead atoms. The minimum Gasteiger partial charge on any atom is -0.462 e. The molecule has 11 heteroatoms. The van der Waals surface area contributed by atoms with Gasteiger partial charge >= 0.3 is 12.0 Å². The maximum atomic E-state index is 13.6. The van der Waals surface area contributed by atoms with Gasteiger partial charge in [-0.2, -0.15) is 4.98 Å². The molecule has 2 aliphatic rings. The molecule has 2 unspecified atom stereocenters. The summed E-state index contributed by atoms with van der Waals surface area (Å²) in [6.07, 6.45) is 2.97. The van der Waals surface area contributed by atoms with Gasteiger partial charge in [-0.05, 0) is 31.9 Å². The summed E-state index contributed by atoms with van der Waals surface area (Å²) in [5.74, 6) is -1.28. The van der Waals surface area contributed by atoms with Crippen molar-refractivity contribution in [2.24, 2.45) is 5.92 Å². The van der Waals surface area contributed by atoms with Crippen molar-refractivity contribution < 1.29 is 28.4 Å². The molecule has 5 rings (SSSR count). The van der Waals surface area contributed by atoms with Gasteiger partial charge in [0.1, 0.15) is 13.1 Å². The van der Waals surface area contributed by atoms with E-state index < -0.39 is 23.8 Å². The zero-order chi connectivity index (χ0) is 27.4. The lowest BCUT2D eigenvalue weighted by molar-refractivity contribution is -0.142. The van der Waals surface area contributed by atoms with E-state index in [1.807, 2.05) is 30.3 Å². The van der Waals surface area contributed by atoms with E-state index >= 15 is 0 Å². The predicted molar refractivity (Wildman–Crippen MR) is 139 cm³/mol. The molecule has 1 aliphatic carbocycles. The molecule has 1 saturated carbocycles. The maximum absolute atomic E-state index is 13.6. The minimum absolute atomic E-state index is 0.123. The number of hydrogen-bond acceptors (Lipinski definition) is 8. The van der Waals surface area contributed by atoms with Gasteiger partial charge in [-0.25, -0.2) is 9.59 Å². The number of rotatable bonds is 8. The van der Waals surface area contributed by atoms with Crippen LogP contribution >= 0.6 is 0 Å². The lowest BCUT2D eigenvalue weighted by Crippen LogP contribution is -2.63. The van der Waals surface area contributed by atoms with Crippen LogP contribution in [0.1, 0.15) is 48.9 Å². The van der Waals surface area contributed by atoms with Gasteiger partial charge in [0.05, 0.1) is 23.8 Å². The van der Waals surface area contributed by atoms with Gasteiger partial charge in [-0.3, -0.25) is 14.5 Å². The van der Waals surface area contributed by atoms with Crippen LogP contribution in [0, 0.1) is 5.92 Å². The number of nitrogens with one attached hydrogen (secondary N) is 1. The van der Waals surface area contributed by atoms with Crippen molar-refractivity contribution in [3.05, 3.63) is 66.1 Å². The Hall–Kier alpha value is -4.54. The topological polar surface area (TPSA) is 135 Å². The number of carbonyl (C=O) groups is 4. The summed E-state index contributed by atoms with van der Waals surface area (Å²) >= 11 is 0. The van der Waals surface area contributed by atoms with Crippen molar-refractivity contribution in [2.45, 2.75) is 45.2 Å². The summed E-state index contributed by atoms with van der Waals surface area (Å²) in [7, 11) is 0. The third-order valence-electron chi connectivity index (χ3n) is 6.99. The molecule has 11 nitrogen and oxygen atoms in total. The summed E-state index contributed by atoms with van der Waals surface area (Å²) in [6, 6.07) is 14.8. The van der Waals surface area contributed by atoms with Crippen molar-refractivity contribution in [1.82, 2.24) is 19.9 Å². The van der Waals surface area contributed by atoms with Gasteiger partial charge in [-0.1, -0.05) is 60.5 Å². The number of hydrogen-bond donors (Lipinski definition) is 1. The van der Waals surface area contributed by atoms with E-state index in [0.717, 1.165) is 23.3 Å². The number of fused-ring (bicyclic) bond motifs is 1. The van der Waals surface area contributed by atoms with Crippen LogP contribution in [0.4, 0.5) is 10.5 Å². The highest BCUT2D eigenvalue weighted by Crippen LogP contribution is 2.35. The number of nitrogens with zero attached hydrogens (tertiary/aromatic N) is 4. The first kappa shape index (κ1) is 26.1. The third-order valence-corrected chi connectivity index (χ3v) is 6.99. The van der Waals surface area contributed by atoms with Crippen molar-refractivity contribution in [3.8, 4) is 11.4 Å². The molecule has 39 heavy (non-hydrogen) atoms. The van der Waals surface area contributed by atoms with Gasteiger partial charge < -0.3 is 19.5 Å². The number of amides is 4. The first-order valence-corrected chi connectivity index (χ1v) is 13.0. The van der Waals surface area contributed by atoms with Crippen LogP contribution in [0.5, 0.6) is 0 Å². The van der Waals surface area contributed by atoms with E-state index in [1.54, 1.807) is 31.2 Å². The monoisotopic (exact) mass is 531 g/mol. The smallest absolute Gasteiger partial charge is 0.340 e. The molecule has 1 saturated heterocycles. The number of carbonyl (C=O) groups excluding carboxylic acids is 4. The Bertz CT molecular complexity index is 1370. The van der Waals surface area contributed by atoms with Crippen LogP contribution in [0.2, 0.25) is 0 Å². The molecule has 2 heterocycles. The van der Waals surface area contributed by atoms with Crippen molar-refractivity contribution in [3.63, 3.8) is 0 Å². The minimum atomic E-state index is -0.587. The third kappa shape index (κ3) is 5.52. The van der Waals surface area contributed by atoms with E-state index in [1.165, 1.54) is 4.90 Å². The van der Waals surface area contributed by atoms with E-state index in [9.17, 15) is 19.2 Å². The molecule has 4 amide bonds. The Kier molecular flexibility index (Phi) is 7.67. The Morgan fingerprint density at radius 2 is 1.79 bits per heavy atom. The van der Waals surface area contributed by atoms with E-state index in [2.05, 4.69) is 15.5 Å². The molecule has 3 aromatic rings. The van der Waals surface area contributed by atoms with Crippen LogP contribution in [0.15, 0.2) is 59.1 Å². The SMILES string of the molecule is CCOC(=O)c1ccccc1NC(=O)CN1C(=O)N(Cc2nc(-c3ccccc3)no2)C(=O)C2CCCCC21. The average molecular weight is 532 g/mol. The molecule has 1 aromatic heterocycles. The number of benzene rings is 2. The number of para-hydroxylation sites is 1. The molecule has 0 radical (unpaired) electrons. The van der Waals surface area contributed by atoms with E-state index in [-0.39, 0.29) is 48.8 Å². The first-order chi connectivity index (χ1) is 19.0. The molecular formula is C28H29N5O6. The number of esters is 1. The number of ether oxygens (including phenoxy) is 1. The Morgan fingerprint density at radius 3 is 2.59 bits per heavy atom. The van der Waals surface area contributed by atoms with Crippen molar-refractivity contribution in [2.75, 3.05) is 18.5 Å². The first-order valence-electron chi connectivity index (χ1n) is 13.0. The highest BCUT2D eigenvalue weighted by molar-refractivity contribution is 6.04. The summed E-state index contributed by atoms with van der Waals surface area (Å²) in [4.78, 5) is 59.4. The zero-order valence-electron chi connectivity index (χ0n) is 21.5. The Balaban J connectivity index is 1.34. The van der Waals surface area contributed by atoms with Gasteiger partial charge in [0.15, 0.2) is 0 Å². The maximum Gasteiger partial charge on any atom is 0.340 e. The molecule has 2 aromatic carbocycles. The molecule has 1 aliphatic heterocycles. The fourth-order valence-corrected chi connectivity index (χ4v) is 5.18. The van der Waals surface area contributed by atoms with Crippen LogP contribution < -0.4 is 5.32 Å². The van der Waals surface area contributed by atoms with E-state index in [0.29, 0.717) is 18.7 Å². The normalized spacial score (nSPS) is 19.0. The van der Waals surface area contributed by atoms with Gasteiger partial charge in [-0.15, -0.1) is 0 Å². The van der Waals surface area contributed by atoms with E-state index in [4.69, 9.17) is 9.26 Å².